The number of aliphatic hydroxyl groups excluding tert-OH is 1. The van der Waals surface area contributed by atoms with Crippen LogP contribution in [0.3, 0.4) is 0 Å². The number of hydrogen-bond acceptors (Lipinski definition) is 7. The van der Waals surface area contributed by atoms with E-state index in [0.29, 0.717) is 0 Å². The Bertz CT molecular complexity index is 713. The zero-order valence-corrected chi connectivity index (χ0v) is 10.7. The Morgan fingerprint density at radius 3 is 3.00 bits per heavy atom. The second-order valence-electron chi connectivity index (χ2n) is 4.39. The molecule has 0 spiro atoms. The molecule has 1 fully saturated rings. The zero-order valence-electron chi connectivity index (χ0n) is 12.7. The first-order valence-electron chi connectivity index (χ1n) is 6.86. The third kappa shape index (κ3) is 2.62. The molecular formula is C12H15FN4O4. The molecule has 1 aromatic rings. The van der Waals surface area contributed by atoms with Gasteiger partial charge in [0.25, 0.3) is 0 Å². The monoisotopic (exact) mass is 300 g/mol. The fourth-order valence-corrected chi connectivity index (χ4v) is 2.05. The second kappa shape index (κ2) is 5.79. The normalized spacial score (nSPS) is 33.8. The molecule has 0 radical (unpaired) electrons. The minimum absolute atomic E-state index is 0.0729. The summed E-state index contributed by atoms with van der Waals surface area (Å²) in [4.78, 5) is 15.4. The molecule has 1 aliphatic heterocycles. The van der Waals surface area contributed by atoms with Crippen molar-refractivity contribution in [1.82, 2.24) is 9.55 Å². The zero-order chi connectivity index (χ0) is 17.4. The summed E-state index contributed by atoms with van der Waals surface area (Å²) in [5.74, 6) is 4.18. The molecule has 1 saturated heterocycles. The van der Waals surface area contributed by atoms with Gasteiger partial charge in [-0.1, -0.05) is 11.8 Å². The van der Waals surface area contributed by atoms with Gasteiger partial charge in [-0.15, -0.1) is 0 Å². The van der Waals surface area contributed by atoms with Gasteiger partial charge in [0, 0.05) is 6.20 Å². The molecule has 0 aliphatic carbocycles. The van der Waals surface area contributed by atoms with Crippen LogP contribution in [0.25, 0.3) is 0 Å². The van der Waals surface area contributed by atoms with E-state index in [2.05, 4.69) is 10.9 Å². The highest BCUT2D eigenvalue weighted by molar-refractivity contribution is 5.28. The Morgan fingerprint density at radius 1 is 1.71 bits per heavy atom. The lowest BCUT2D eigenvalue weighted by Crippen LogP contribution is -2.55. The molecule has 114 valence electrons. The van der Waals surface area contributed by atoms with Crippen molar-refractivity contribution in [3.05, 3.63) is 22.7 Å². The predicted molar refractivity (Wildman–Crippen MR) is 70.6 cm³/mol. The topological polar surface area (TPSA) is 137 Å². The average Bonchev–Trinajstić information content (AvgIpc) is 2.70. The van der Waals surface area contributed by atoms with Crippen LogP contribution in [0.15, 0.2) is 17.1 Å². The second-order valence-corrected chi connectivity index (χ2v) is 4.39. The number of halogens is 1. The molecule has 0 aromatic carbocycles. The van der Waals surface area contributed by atoms with Gasteiger partial charge in [0.2, 0.25) is 0 Å². The SMILES string of the molecule is [2H]C([2H])(O)[C@H]1O[C@@H](n2ccc(N)nc2=O)C(N)(C#CCF)[C@H]1O. The largest absolute Gasteiger partial charge is 0.394 e. The fraction of sp³-hybridized carbons (Fsp3) is 0.500. The summed E-state index contributed by atoms with van der Waals surface area (Å²) in [5, 5.41) is 19.7. The van der Waals surface area contributed by atoms with E-state index in [1.807, 2.05) is 5.92 Å². The van der Waals surface area contributed by atoms with Crippen molar-refractivity contribution in [2.45, 2.75) is 24.0 Å². The number of nitrogen functional groups attached to an aromatic ring is 1. The van der Waals surface area contributed by atoms with Crippen LogP contribution in [0.1, 0.15) is 8.97 Å². The quantitative estimate of drug-likeness (QED) is 0.453. The van der Waals surface area contributed by atoms with Crippen molar-refractivity contribution < 1.29 is 22.1 Å². The lowest BCUT2D eigenvalue weighted by Gasteiger charge is -2.27. The Balaban J connectivity index is 2.56. The van der Waals surface area contributed by atoms with Gasteiger partial charge in [-0.05, 0) is 6.07 Å². The van der Waals surface area contributed by atoms with Gasteiger partial charge in [0.15, 0.2) is 11.8 Å². The Labute approximate surface area is 122 Å². The summed E-state index contributed by atoms with van der Waals surface area (Å²) < 4.78 is 33.0. The highest BCUT2D eigenvalue weighted by atomic mass is 19.1. The fourth-order valence-electron chi connectivity index (χ4n) is 2.05. The van der Waals surface area contributed by atoms with Gasteiger partial charge in [0.1, 0.15) is 24.7 Å². The van der Waals surface area contributed by atoms with Crippen LogP contribution in [0.4, 0.5) is 10.2 Å². The Kier molecular flexibility index (Phi) is 3.51. The molecule has 2 heterocycles. The van der Waals surface area contributed by atoms with Gasteiger partial charge < -0.3 is 26.4 Å². The predicted octanol–water partition coefficient (Wildman–Crippen LogP) is -2.25. The van der Waals surface area contributed by atoms with Crippen molar-refractivity contribution in [3.8, 4) is 11.8 Å². The summed E-state index contributed by atoms with van der Waals surface area (Å²) in [6, 6.07) is 1.25. The number of nitrogens with zero attached hydrogens (tertiary/aromatic N) is 2. The number of aliphatic hydroxyl groups is 2. The van der Waals surface area contributed by atoms with E-state index in [4.69, 9.17) is 18.9 Å². The molecule has 1 unspecified atom stereocenters. The molecule has 0 amide bonds. The maximum Gasteiger partial charge on any atom is 0.351 e. The number of nitrogens with two attached hydrogens (primary N) is 2. The first kappa shape index (κ1) is 12.7. The van der Waals surface area contributed by atoms with Crippen LogP contribution < -0.4 is 17.2 Å². The molecule has 1 aliphatic rings. The van der Waals surface area contributed by atoms with E-state index in [1.54, 1.807) is 0 Å². The molecule has 21 heavy (non-hydrogen) atoms. The number of rotatable bonds is 2. The standard InChI is InChI=1S/C12H15FN4O4/c13-4-1-3-12(15)9(19)7(6-18)21-10(12)17-5-2-8(14)16-11(17)20/h2,5,7,9-10,18-19H,4,6,15H2,(H2,14,16,20)/t7-,9+,10-,12?/m1/s1/i6D2. The summed E-state index contributed by atoms with van der Waals surface area (Å²) in [7, 11) is 0. The lowest BCUT2D eigenvalue weighted by atomic mass is 9.91. The maximum absolute atomic E-state index is 12.4. The Morgan fingerprint density at radius 2 is 2.43 bits per heavy atom. The third-order valence-electron chi connectivity index (χ3n) is 3.06. The number of alkyl halides is 1. The van der Waals surface area contributed by atoms with E-state index in [1.165, 1.54) is 6.07 Å². The van der Waals surface area contributed by atoms with Crippen LogP contribution >= 0.6 is 0 Å². The summed E-state index contributed by atoms with van der Waals surface area (Å²) in [6.07, 6.45) is -3.99. The minimum Gasteiger partial charge on any atom is -0.394 e. The van der Waals surface area contributed by atoms with E-state index in [0.717, 1.165) is 10.8 Å². The Hall–Kier alpha value is -1.99. The van der Waals surface area contributed by atoms with E-state index >= 15 is 0 Å². The first-order valence-corrected chi connectivity index (χ1v) is 5.86. The maximum atomic E-state index is 12.4. The molecule has 4 atom stereocenters. The highest BCUT2D eigenvalue weighted by Crippen LogP contribution is 2.35. The molecule has 8 nitrogen and oxygen atoms in total. The van der Waals surface area contributed by atoms with Crippen molar-refractivity contribution in [2.24, 2.45) is 5.73 Å². The molecule has 6 N–H and O–H groups in total. The smallest absolute Gasteiger partial charge is 0.351 e. The van der Waals surface area contributed by atoms with Crippen molar-refractivity contribution in [1.29, 1.82) is 0 Å². The molecule has 2 rings (SSSR count). The third-order valence-corrected chi connectivity index (χ3v) is 3.06. The number of hydrogen-bond donors (Lipinski definition) is 4. The van der Waals surface area contributed by atoms with Gasteiger partial charge >= 0.3 is 5.69 Å². The summed E-state index contributed by atoms with van der Waals surface area (Å²) in [6.45, 7) is -4.05. The summed E-state index contributed by atoms with van der Waals surface area (Å²) in [5.41, 5.74) is 8.38. The molecule has 9 heteroatoms. The van der Waals surface area contributed by atoms with Crippen LogP contribution in [0.5, 0.6) is 0 Å². The van der Waals surface area contributed by atoms with E-state index in [9.17, 15) is 19.4 Å². The van der Waals surface area contributed by atoms with Crippen LogP contribution in [0.2, 0.25) is 0 Å². The van der Waals surface area contributed by atoms with Crippen molar-refractivity contribution in [2.75, 3.05) is 19.0 Å². The number of anilines is 1. The molecule has 0 saturated carbocycles. The van der Waals surface area contributed by atoms with Crippen molar-refractivity contribution >= 4 is 5.82 Å². The van der Waals surface area contributed by atoms with Crippen LogP contribution in [-0.2, 0) is 4.74 Å². The minimum atomic E-state index is -2.97. The highest BCUT2D eigenvalue weighted by Gasteiger charge is 2.54. The molecular weight excluding hydrogens is 283 g/mol. The van der Waals surface area contributed by atoms with Gasteiger partial charge in [-0.3, -0.25) is 4.57 Å². The van der Waals surface area contributed by atoms with Gasteiger partial charge in [0.05, 0.1) is 9.30 Å². The molecule has 1 aromatic heterocycles. The lowest BCUT2D eigenvalue weighted by molar-refractivity contribution is -0.0476. The van der Waals surface area contributed by atoms with E-state index < -0.39 is 42.9 Å². The average molecular weight is 300 g/mol. The van der Waals surface area contributed by atoms with Gasteiger partial charge in [-0.25, -0.2) is 9.18 Å². The molecule has 0 bridgehead atoms. The van der Waals surface area contributed by atoms with Gasteiger partial charge in [-0.2, -0.15) is 4.98 Å². The van der Waals surface area contributed by atoms with E-state index in [-0.39, 0.29) is 5.82 Å². The van der Waals surface area contributed by atoms with Crippen LogP contribution in [0, 0.1) is 11.8 Å². The van der Waals surface area contributed by atoms with Crippen molar-refractivity contribution in [3.63, 3.8) is 0 Å². The first-order chi connectivity index (χ1) is 10.6. The summed E-state index contributed by atoms with van der Waals surface area (Å²) >= 11 is 0. The van der Waals surface area contributed by atoms with Crippen LogP contribution in [-0.4, -0.2) is 50.7 Å². The number of ether oxygens (including phenoxy) is 1. The number of aromatic nitrogens is 2.